The molecule has 0 aromatic heterocycles. The third-order valence-corrected chi connectivity index (χ3v) is 7.21. The standard InChI is InChI=1S/C26H28F3NO4S/c1-15(31)12-18-13-23(26(32)30-20-7-9-21(10-8-20)35(3,33)34)16(2)22(18)11-5-17-4-6-19(27)14-24(17)25(28)29/h4,6-10,13-15,22,25,31H,5,11-12H2,1-3H3,(H,30,32)/t15-,22?/m0/s1. The number of allylic oxidation sites excluding steroid dienone is 1. The van der Waals surface area contributed by atoms with Gasteiger partial charge in [0.1, 0.15) is 5.82 Å². The Labute approximate surface area is 203 Å². The molecule has 2 aromatic carbocycles. The van der Waals surface area contributed by atoms with E-state index in [0.29, 0.717) is 29.7 Å². The van der Waals surface area contributed by atoms with Crippen LogP contribution in [0.15, 0.2) is 70.2 Å². The summed E-state index contributed by atoms with van der Waals surface area (Å²) in [7, 11) is -3.36. The second kappa shape index (κ2) is 10.8. The molecule has 1 aliphatic rings. The van der Waals surface area contributed by atoms with E-state index in [2.05, 4.69) is 5.32 Å². The lowest BCUT2D eigenvalue weighted by Crippen LogP contribution is -2.15. The summed E-state index contributed by atoms with van der Waals surface area (Å²) in [4.78, 5) is 13.1. The number of alkyl halides is 2. The molecule has 0 saturated carbocycles. The molecule has 0 saturated heterocycles. The number of rotatable bonds is 9. The van der Waals surface area contributed by atoms with Gasteiger partial charge in [-0.2, -0.15) is 0 Å². The molecule has 0 bridgehead atoms. The predicted octanol–water partition coefficient (Wildman–Crippen LogP) is 5.38. The van der Waals surface area contributed by atoms with Gasteiger partial charge in [-0.15, -0.1) is 0 Å². The first-order valence-electron chi connectivity index (χ1n) is 11.1. The molecule has 35 heavy (non-hydrogen) atoms. The van der Waals surface area contributed by atoms with Crippen molar-refractivity contribution >= 4 is 21.4 Å². The first-order chi connectivity index (χ1) is 16.4. The van der Waals surface area contributed by atoms with Gasteiger partial charge in [-0.1, -0.05) is 17.2 Å². The molecule has 1 amide bonds. The van der Waals surface area contributed by atoms with Crippen LogP contribution in [0.25, 0.3) is 0 Å². The normalized spacial score (nSPS) is 17.0. The minimum atomic E-state index is -3.36. The molecule has 0 fully saturated rings. The summed E-state index contributed by atoms with van der Waals surface area (Å²) < 4.78 is 63.5. The van der Waals surface area contributed by atoms with Crippen LogP contribution in [-0.4, -0.2) is 31.8 Å². The molecule has 188 valence electrons. The topological polar surface area (TPSA) is 83.5 Å². The highest BCUT2D eigenvalue weighted by molar-refractivity contribution is 7.90. The molecule has 0 radical (unpaired) electrons. The van der Waals surface area contributed by atoms with Crippen molar-refractivity contribution in [2.24, 2.45) is 5.92 Å². The lowest BCUT2D eigenvalue weighted by Gasteiger charge is -2.19. The fraction of sp³-hybridized carbons (Fsp3) is 0.346. The Kier molecular flexibility index (Phi) is 8.22. The fourth-order valence-corrected chi connectivity index (χ4v) is 4.97. The van der Waals surface area contributed by atoms with Crippen molar-refractivity contribution in [2.45, 2.75) is 50.5 Å². The van der Waals surface area contributed by atoms with Crippen LogP contribution in [0.4, 0.5) is 18.9 Å². The second-order valence-corrected chi connectivity index (χ2v) is 10.9. The van der Waals surface area contributed by atoms with Gasteiger partial charge in [-0.05, 0) is 81.1 Å². The number of benzene rings is 2. The van der Waals surface area contributed by atoms with Gasteiger partial charge in [0.2, 0.25) is 0 Å². The summed E-state index contributed by atoms with van der Waals surface area (Å²) in [5.41, 5.74) is 2.38. The fourth-order valence-electron chi connectivity index (χ4n) is 4.33. The zero-order valence-corrected chi connectivity index (χ0v) is 20.5. The number of hydrogen-bond acceptors (Lipinski definition) is 4. The van der Waals surface area contributed by atoms with Crippen molar-refractivity contribution in [1.29, 1.82) is 0 Å². The molecule has 1 unspecified atom stereocenters. The van der Waals surface area contributed by atoms with Crippen molar-refractivity contribution in [3.63, 3.8) is 0 Å². The average Bonchev–Trinajstić information content (AvgIpc) is 3.07. The molecule has 2 aromatic rings. The van der Waals surface area contributed by atoms with E-state index in [1.807, 2.05) is 0 Å². The number of halogens is 3. The summed E-state index contributed by atoms with van der Waals surface area (Å²) in [6.45, 7) is 3.42. The molecule has 0 aliphatic heterocycles. The Morgan fingerprint density at radius 2 is 1.80 bits per heavy atom. The van der Waals surface area contributed by atoms with Crippen LogP contribution in [0, 0.1) is 11.7 Å². The minimum absolute atomic E-state index is 0.134. The SMILES string of the molecule is CC1=C(C(=O)Nc2ccc(S(C)(=O)=O)cc2)C=C(C[C@H](C)O)C1CCc1ccc(F)cc1C(F)F. The Hall–Kier alpha value is -2.91. The van der Waals surface area contributed by atoms with Gasteiger partial charge < -0.3 is 10.4 Å². The molecular formula is C26H28F3NO4S. The number of aliphatic hydroxyl groups excluding tert-OH is 1. The van der Waals surface area contributed by atoms with Crippen LogP contribution in [0.2, 0.25) is 0 Å². The molecule has 2 N–H and O–H groups in total. The van der Waals surface area contributed by atoms with Gasteiger partial charge >= 0.3 is 0 Å². The van der Waals surface area contributed by atoms with E-state index in [-0.39, 0.29) is 22.8 Å². The highest BCUT2D eigenvalue weighted by Gasteiger charge is 2.29. The third-order valence-electron chi connectivity index (χ3n) is 6.09. The van der Waals surface area contributed by atoms with Gasteiger partial charge in [0.05, 0.1) is 11.0 Å². The van der Waals surface area contributed by atoms with Crippen LogP contribution >= 0.6 is 0 Å². The average molecular weight is 508 g/mol. The Balaban J connectivity index is 1.82. The maximum atomic E-state index is 13.5. The summed E-state index contributed by atoms with van der Waals surface area (Å²) in [5, 5.41) is 12.7. The molecule has 1 aliphatic carbocycles. The van der Waals surface area contributed by atoms with E-state index < -0.39 is 34.1 Å². The summed E-state index contributed by atoms with van der Waals surface area (Å²) in [5.74, 6) is -1.36. The zero-order valence-electron chi connectivity index (χ0n) is 19.7. The number of anilines is 1. The lowest BCUT2D eigenvalue weighted by atomic mass is 9.86. The van der Waals surface area contributed by atoms with Gasteiger partial charge in [0.15, 0.2) is 9.84 Å². The number of aryl methyl sites for hydroxylation is 1. The Morgan fingerprint density at radius 1 is 1.14 bits per heavy atom. The van der Waals surface area contributed by atoms with Crippen LogP contribution in [-0.2, 0) is 21.1 Å². The smallest absolute Gasteiger partial charge is 0.264 e. The number of sulfone groups is 1. The summed E-state index contributed by atoms with van der Waals surface area (Å²) >= 11 is 0. The minimum Gasteiger partial charge on any atom is -0.393 e. The van der Waals surface area contributed by atoms with E-state index >= 15 is 0 Å². The number of nitrogens with one attached hydrogen (secondary N) is 1. The third kappa shape index (κ3) is 6.61. The van der Waals surface area contributed by atoms with E-state index in [1.54, 1.807) is 19.9 Å². The van der Waals surface area contributed by atoms with Crippen LogP contribution in [0.1, 0.15) is 44.2 Å². The monoisotopic (exact) mass is 507 g/mol. The van der Waals surface area contributed by atoms with Gasteiger partial charge in [-0.25, -0.2) is 21.6 Å². The van der Waals surface area contributed by atoms with Gasteiger partial charge in [0.25, 0.3) is 12.3 Å². The Bertz CT molecular complexity index is 1270. The molecule has 3 rings (SSSR count). The van der Waals surface area contributed by atoms with Crippen LogP contribution in [0.3, 0.4) is 0 Å². The lowest BCUT2D eigenvalue weighted by molar-refractivity contribution is -0.112. The van der Waals surface area contributed by atoms with E-state index in [0.717, 1.165) is 29.5 Å². The molecular weight excluding hydrogens is 479 g/mol. The summed E-state index contributed by atoms with van der Waals surface area (Å²) in [6, 6.07) is 9.16. The van der Waals surface area contributed by atoms with Gasteiger partial charge in [0, 0.05) is 29.0 Å². The predicted molar refractivity (Wildman–Crippen MR) is 128 cm³/mol. The molecule has 0 spiro atoms. The number of aliphatic hydroxyl groups is 1. The summed E-state index contributed by atoms with van der Waals surface area (Å²) in [6.07, 6.45) is 0.321. The molecule has 5 nitrogen and oxygen atoms in total. The van der Waals surface area contributed by atoms with Crippen molar-refractivity contribution in [3.8, 4) is 0 Å². The van der Waals surface area contributed by atoms with Crippen molar-refractivity contribution < 1.29 is 31.5 Å². The Morgan fingerprint density at radius 3 is 2.37 bits per heavy atom. The maximum Gasteiger partial charge on any atom is 0.264 e. The number of carbonyl (C=O) groups is 1. The number of hydrogen-bond donors (Lipinski definition) is 2. The highest BCUT2D eigenvalue weighted by atomic mass is 32.2. The zero-order chi connectivity index (χ0) is 25.9. The first kappa shape index (κ1) is 26.7. The maximum absolute atomic E-state index is 13.5. The first-order valence-corrected chi connectivity index (χ1v) is 13.0. The molecule has 0 heterocycles. The van der Waals surface area contributed by atoms with Gasteiger partial charge in [-0.3, -0.25) is 4.79 Å². The van der Waals surface area contributed by atoms with E-state index in [9.17, 15) is 31.5 Å². The second-order valence-electron chi connectivity index (χ2n) is 8.85. The number of amides is 1. The van der Waals surface area contributed by atoms with Crippen LogP contribution < -0.4 is 5.32 Å². The highest BCUT2D eigenvalue weighted by Crippen LogP contribution is 2.38. The largest absolute Gasteiger partial charge is 0.393 e. The number of carbonyl (C=O) groups excluding carboxylic acids is 1. The van der Waals surface area contributed by atoms with E-state index in [1.165, 1.54) is 30.3 Å². The van der Waals surface area contributed by atoms with Crippen molar-refractivity contribution in [3.05, 3.63) is 82.2 Å². The van der Waals surface area contributed by atoms with E-state index in [4.69, 9.17) is 0 Å². The van der Waals surface area contributed by atoms with Crippen molar-refractivity contribution in [1.82, 2.24) is 0 Å². The van der Waals surface area contributed by atoms with Crippen molar-refractivity contribution in [2.75, 3.05) is 11.6 Å². The van der Waals surface area contributed by atoms with Crippen LogP contribution in [0.5, 0.6) is 0 Å². The molecule has 9 heteroatoms. The quantitative estimate of drug-likeness (QED) is 0.477. The molecule has 2 atom stereocenters.